The maximum absolute atomic E-state index is 13.6. The second-order valence-electron chi connectivity index (χ2n) is 8.66. The molecule has 0 aromatic heterocycles. The molecule has 2 unspecified atom stereocenters. The van der Waals surface area contributed by atoms with E-state index in [9.17, 15) is 19.7 Å². The SMILES string of the molecule is Cc1ccc(N2C(=O)C(c3ccc([N+](=O)[O-])cc3)=C(N3CC(C)CC(C)C3)C2=O)cc1. The summed E-state index contributed by atoms with van der Waals surface area (Å²) >= 11 is 0. The fourth-order valence-corrected chi connectivity index (χ4v) is 4.60. The van der Waals surface area contributed by atoms with E-state index < -0.39 is 10.8 Å². The van der Waals surface area contributed by atoms with Gasteiger partial charge in [-0.15, -0.1) is 0 Å². The van der Waals surface area contributed by atoms with Crippen LogP contribution < -0.4 is 4.90 Å². The topological polar surface area (TPSA) is 83.8 Å². The lowest BCUT2D eigenvalue weighted by Gasteiger charge is -2.37. The van der Waals surface area contributed by atoms with Crippen LogP contribution in [0.15, 0.2) is 54.2 Å². The van der Waals surface area contributed by atoms with Gasteiger partial charge in [0, 0.05) is 25.2 Å². The van der Waals surface area contributed by atoms with E-state index >= 15 is 0 Å². The molecule has 1 saturated heterocycles. The maximum Gasteiger partial charge on any atom is 0.282 e. The summed E-state index contributed by atoms with van der Waals surface area (Å²) in [6.07, 6.45) is 1.07. The molecule has 31 heavy (non-hydrogen) atoms. The average Bonchev–Trinajstić information content (AvgIpc) is 2.98. The minimum Gasteiger partial charge on any atom is -0.366 e. The Hall–Kier alpha value is -3.48. The highest BCUT2D eigenvalue weighted by Gasteiger charge is 2.43. The minimum atomic E-state index is -0.479. The van der Waals surface area contributed by atoms with E-state index in [4.69, 9.17) is 0 Å². The number of nitro benzene ring substituents is 1. The molecule has 2 amide bonds. The van der Waals surface area contributed by atoms with Crippen LogP contribution in [-0.2, 0) is 9.59 Å². The Kier molecular flexibility index (Phi) is 5.35. The van der Waals surface area contributed by atoms with Gasteiger partial charge in [0.05, 0.1) is 16.2 Å². The van der Waals surface area contributed by atoms with Crippen LogP contribution in [0.5, 0.6) is 0 Å². The molecule has 2 atom stereocenters. The third kappa shape index (κ3) is 3.83. The molecule has 2 aliphatic heterocycles. The highest BCUT2D eigenvalue weighted by molar-refractivity contribution is 6.45. The number of anilines is 1. The van der Waals surface area contributed by atoms with Crippen molar-refractivity contribution >= 4 is 28.8 Å². The standard InChI is InChI=1S/C24H25N3O4/c1-15-4-8-19(9-5-15)26-23(28)21(18-6-10-20(11-7-18)27(30)31)22(24(26)29)25-13-16(2)12-17(3)14-25/h4-11,16-17H,12-14H2,1-3H3. The van der Waals surface area contributed by atoms with Crippen LogP contribution in [0.2, 0.25) is 0 Å². The van der Waals surface area contributed by atoms with Gasteiger partial charge in [0.15, 0.2) is 0 Å². The van der Waals surface area contributed by atoms with Crippen LogP contribution in [0.25, 0.3) is 5.57 Å². The van der Waals surface area contributed by atoms with Crippen molar-refractivity contribution in [1.29, 1.82) is 0 Å². The van der Waals surface area contributed by atoms with Crippen molar-refractivity contribution in [1.82, 2.24) is 4.90 Å². The molecule has 0 radical (unpaired) electrons. The molecule has 7 nitrogen and oxygen atoms in total. The number of amides is 2. The minimum absolute atomic E-state index is 0.0571. The lowest BCUT2D eigenvalue weighted by atomic mass is 9.91. The van der Waals surface area contributed by atoms with Crippen molar-refractivity contribution in [3.8, 4) is 0 Å². The van der Waals surface area contributed by atoms with Crippen LogP contribution in [0.4, 0.5) is 11.4 Å². The Morgan fingerprint density at radius 3 is 2.03 bits per heavy atom. The van der Waals surface area contributed by atoms with Gasteiger partial charge in [0.2, 0.25) is 0 Å². The average molecular weight is 419 g/mol. The van der Waals surface area contributed by atoms with E-state index in [-0.39, 0.29) is 11.6 Å². The van der Waals surface area contributed by atoms with Crippen molar-refractivity contribution in [2.24, 2.45) is 11.8 Å². The van der Waals surface area contributed by atoms with Gasteiger partial charge < -0.3 is 4.90 Å². The number of hydrogen-bond acceptors (Lipinski definition) is 5. The summed E-state index contributed by atoms with van der Waals surface area (Å²) in [5.74, 6) is 0.0449. The molecule has 1 fully saturated rings. The van der Waals surface area contributed by atoms with E-state index in [1.165, 1.54) is 17.0 Å². The van der Waals surface area contributed by atoms with E-state index in [2.05, 4.69) is 13.8 Å². The van der Waals surface area contributed by atoms with Gasteiger partial charge in [-0.2, -0.15) is 0 Å². The van der Waals surface area contributed by atoms with Crippen molar-refractivity contribution in [3.05, 3.63) is 75.5 Å². The monoisotopic (exact) mass is 419 g/mol. The van der Waals surface area contributed by atoms with Gasteiger partial charge in [-0.1, -0.05) is 31.5 Å². The van der Waals surface area contributed by atoms with Crippen LogP contribution in [-0.4, -0.2) is 34.7 Å². The molecule has 2 aromatic carbocycles. The predicted molar refractivity (Wildman–Crippen MR) is 118 cm³/mol. The van der Waals surface area contributed by atoms with E-state index in [1.54, 1.807) is 24.3 Å². The van der Waals surface area contributed by atoms with Gasteiger partial charge >= 0.3 is 0 Å². The first-order valence-electron chi connectivity index (χ1n) is 10.5. The maximum atomic E-state index is 13.6. The van der Waals surface area contributed by atoms with Gasteiger partial charge in [0.25, 0.3) is 17.5 Å². The summed E-state index contributed by atoms with van der Waals surface area (Å²) in [5, 5.41) is 11.1. The Labute approximate surface area is 181 Å². The fraction of sp³-hybridized carbons (Fsp3) is 0.333. The second-order valence-corrected chi connectivity index (χ2v) is 8.66. The Morgan fingerprint density at radius 1 is 0.903 bits per heavy atom. The molecular formula is C24H25N3O4. The number of nitro groups is 1. The lowest BCUT2D eigenvalue weighted by Crippen LogP contribution is -2.42. The Morgan fingerprint density at radius 2 is 1.48 bits per heavy atom. The molecule has 0 aliphatic carbocycles. The van der Waals surface area contributed by atoms with Crippen LogP contribution in [0.3, 0.4) is 0 Å². The smallest absolute Gasteiger partial charge is 0.282 e. The molecule has 0 N–H and O–H groups in total. The first-order valence-corrected chi connectivity index (χ1v) is 10.5. The third-order valence-corrected chi connectivity index (χ3v) is 5.90. The summed E-state index contributed by atoms with van der Waals surface area (Å²) < 4.78 is 0. The van der Waals surface area contributed by atoms with Gasteiger partial charge in [-0.25, -0.2) is 4.90 Å². The number of imide groups is 1. The zero-order chi connectivity index (χ0) is 22.3. The number of nitrogens with zero attached hydrogens (tertiary/aromatic N) is 3. The summed E-state index contributed by atoms with van der Waals surface area (Å²) in [6, 6.07) is 13.1. The normalized spacial score (nSPS) is 21.8. The number of carbonyl (C=O) groups is 2. The molecule has 2 aromatic rings. The van der Waals surface area contributed by atoms with Crippen molar-refractivity contribution in [2.75, 3.05) is 18.0 Å². The number of rotatable bonds is 4. The first kappa shape index (κ1) is 20.8. The lowest BCUT2D eigenvalue weighted by molar-refractivity contribution is -0.384. The Balaban J connectivity index is 1.82. The Bertz CT molecular complexity index is 1060. The number of carbonyl (C=O) groups excluding carboxylic acids is 2. The summed E-state index contributed by atoms with van der Waals surface area (Å²) in [6.45, 7) is 7.62. The predicted octanol–water partition coefficient (Wildman–Crippen LogP) is 4.17. The van der Waals surface area contributed by atoms with Crippen LogP contribution in [0.1, 0.15) is 31.4 Å². The summed E-state index contributed by atoms with van der Waals surface area (Å²) in [4.78, 5) is 40.9. The quantitative estimate of drug-likeness (QED) is 0.422. The number of benzene rings is 2. The molecule has 2 aliphatic rings. The van der Waals surface area contributed by atoms with E-state index in [0.29, 0.717) is 47.4 Å². The highest BCUT2D eigenvalue weighted by Crippen LogP contribution is 2.37. The second kappa shape index (κ2) is 7.98. The summed E-state index contributed by atoms with van der Waals surface area (Å²) in [7, 11) is 0. The number of likely N-dealkylation sites (tertiary alicyclic amines) is 1. The molecular weight excluding hydrogens is 394 g/mol. The van der Waals surface area contributed by atoms with E-state index in [1.807, 2.05) is 24.0 Å². The molecule has 0 bridgehead atoms. The molecule has 2 heterocycles. The van der Waals surface area contributed by atoms with Gasteiger partial charge in [-0.05, 0) is 55.0 Å². The van der Waals surface area contributed by atoms with Gasteiger partial charge in [-0.3, -0.25) is 19.7 Å². The molecule has 0 saturated carbocycles. The number of piperidine rings is 1. The molecule has 4 rings (SSSR count). The first-order chi connectivity index (χ1) is 14.8. The van der Waals surface area contributed by atoms with Crippen molar-refractivity contribution in [2.45, 2.75) is 27.2 Å². The largest absolute Gasteiger partial charge is 0.366 e. The highest BCUT2D eigenvalue weighted by atomic mass is 16.6. The van der Waals surface area contributed by atoms with Crippen molar-refractivity contribution < 1.29 is 14.5 Å². The van der Waals surface area contributed by atoms with Gasteiger partial charge in [0.1, 0.15) is 5.70 Å². The zero-order valence-corrected chi connectivity index (χ0v) is 17.9. The number of hydrogen-bond donors (Lipinski definition) is 0. The zero-order valence-electron chi connectivity index (χ0n) is 17.9. The fourth-order valence-electron chi connectivity index (χ4n) is 4.60. The van der Waals surface area contributed by atoms with Crippen LogP contribution >= 0.6 is 0 Å². The molecule has 7 heteroatoms. The van der Waals surface area contributed by atoms with Crippen LogP contribution in [0, 0.1) is 28.9 Å². The number of aryl methyl sites for hydroxylation is 1. The molecule has 0 spiro atoms. The third-order valence-electron chi connectivity index (χ3n) is 5.90. The number of non-ortho nitro benzene ring substituents is 1. The van der Waals surface area contributed by atoms with Crippen molar-refractivity contribution in [3.63, 3.8) is 0 Å². The molecule has 160 valence electrons. The summed E-state index contributed by atoms with van der Waals surface area (Å²) in [5.41, 5.74) is 2.70. The van der Waals surface area contributed by atoms with E-state index in [0.717, 1.165) is 12.0 Å².